The zero-order chi connectivity index (χ0) is 19.0. The summed E-state index contributed by atoms with van der Waals surface area (Å²) < 4.78 is 28.6. The topological polar surface area (TPSA) is 43.6 Å². The average Bonchev–Trinajstić information content (AvgIpc) is 3.07. The molecule has 0 spiro atoms. The maximum atomic E-state index is 13.4. The van der Waals surface area contributed by atoms with Gasteiger partial charge in [0.1, 0.15) is 11.6 Å². The summed E-state index contributed by atoms with van der Waals surface area (Å²) in [5, 5.41) is 8.65. The lowest BCUT2D eigenvalue weighted by atomic mass is 10.1. The van der Waals surface area contributed by atoms with Crippen molar-refractivity contribution in [1.82, 2.24) is 19.7 Å². The van der Waals surface area contributed by atoms with Crippen molar-refractivity contribution < 1.29 is 8.78 Å². The fourth-order valence-corrected chi connectivity index (χ4v) is 3.04. The van der Waals surface area contributed by atoms with Crippen molar-refractivity contribution >= 4 is 0 Å². The van der Waals surface area contributed by atoms with Crippen LogP contribution in [0.4, 0.5) is 8.78 Å². The van der Waals surface area contributed by atoms with Gasteiger partial charge in [0, 0.05) is 22.5 Å². The molecular formula is C21H16F2N4. The Labute approximate surface area is 155 Å². The van der Waals surface area contributed by atoms with Gasteiger partial charge in [-0.2, -0.15) is 0 Å². The molecule has 0 fully saturated rings. The molecule has 4 rings (SSSR count). The van der Waals surface area contributed by atoms with Crippen molar-refractivity contribution in [2.45, 2.75) is 13.8 Å². The van der Waals surface area contributed by atoms with E-state index in [2.05, 4.69) is 15.2 Å². The number of hydrogen-bond donors (Lipinski definition) is 0. The second-order valence-electron chi connectivity index (χ2n) is 6.30. The molecule has 0 aliphatic rings. The molecule has 0 atom stereocenters. The van der Waals surface area contributed by atoms with Gasteiger partial charge in [-0.1, -0.05) is 0 Å². The number of aryl methyl sites for hydroxylation is 2. The molecule has 4 aromatic rings. The molecule has 0 aliphatic heterocycles. The molecule has 2 aromatic carbocycles. The smallest absolute Gasteiger partial charge is 0.168 e. The lowest BCUT2D eigenvalue weighted by Gasteiger charge is -2.12. The average molecular weight is 362 g/mol. The highest BCUT2D eigenvalue weighted by Gasteiger charge is 2.18. The molecule has 2 heterocycles. The van der Waals surface area contributed by atoms with Crippen molar-refractivity contribution in [3.05, 3.63) is 83.7 Å². The van der Waals surface area contributed by atoms with E-state index in [9.17, 15) is 8.78 Å². The molecular weight excluding hydrogens is 346 g/mol. The van der Waals surface area contributed by atoms with E-state index in [1.54, 1.807) is 24.3 Å². The van der Waals surface area contributed by atoms with E-state index < -0.39 is 0 Å². The number of nitrogens with zero attached hydrogens (tertiary/aromatic N) is 4. The van der Waals surface area contributed by atoms with Gasteiger partial charge < -0.3 is 0 Å². The van der Waals surface area contributed by atoms with Gasteiger partial charge in [0.25, 0.3) is 0 Å². The van der Waals surface area contributed by atoms with Crippen LogP contribution >= 0.6 is 0 Å². The third-order valence-corrected chi connectivity index (χ3v) is 4.19. The largest absolute Gasteiger partial charge is 0.275 e. The first-order valence-electron chi connectivity index (χ1n) is 8.44. The number of hydrogen-bond acceptors (Lipinski definition) is 3. The number of rotatable bonds is 3. The summed E-state index contributed by atoms with van der Waals surface area (Å²) in [7, 11) is 0. The summed E-state index contributed by atoms with van der Waals surface area (Å²) in [6.45, 7) is 3.83. The summed E-state index contributed by atoms with van der Waals surface area (Å²) in [5.74, 6) is 0.497. The molecule has 6 heteroatoms. The van der Waals surface area contributed by atoms with E-state index in [0.29, 0.717) is 11.6 Å². The Bertz CT molecular complexity index is 1020. The fraction of sp³-hybridized carbons (Fsp3) is 0.0952. The molecule has 0 N–H and O–H groups in total. The second-order valence-corrected chi connectivity index (χ2v) is 6.30. The molecule has 0 bridgehead atoms. The number of pyridine rings is 1. The van der Waals surface area contributed by atoms with Gasteiger partial charge in [-0.05, 0) is 74.5 Å². The highest BCUT2D eigenvalue weighted by atomic mass is 19.1. The Morgan fingerprint density at radius 1 is 0.667 bits per heavy atom. The summed E-state index contributed by atoms with van der Waals surface area (Å²) in [6, 6.07) is 16.0. The van der Waals surface area contributed by atoms with Crippen molar-refractivity contribution in [1.29, 1.82) is 0 Å². The standard InChI is InChI=1S/C21H16F2N4/c1-13-11-19(12-14(2)24-13)27-20(15-3-7-17(22)8-4-15)25-26-21(27)16-5-9-18(23)10-6-16/h3-12H,1-2H3. The summed E-state index contributed by atoms with van der Waals surface area (Å²) in [6.07, 6.45) is 0. The van der Waals surface area contributed by atoms with Gasteiger partial charge >= 0.3 is 0 Å². The minimum Gasteiger partial charge on any atom is -0.275 e. The van der Waals surface area contributed by atoms with Gasteiger partial charge in [0.15, 0.2) is 11.6 Å². The highest BCUT2D eigenvalue weighted by Crippen LogP contribution is 2.29. The molecule has 4 nitrogen and oxygen atoms in total. The minimum atomic E-state index is -0.320. The van der Waals surface area contributed by atoms with Gasteiger partial charge in [-0.25, -0.2) is 8.78 Å². The van der Waals surface area contributed by atoms with E-state index in [4.69, 9.17) is 0 Å². The predicted octanol–water partition coefficient (Wildman–Crippen LogP) is 4.89. The molecule has 0 radical (unpaired) electrons. The van der Waals surface area contributed by atoms with Gasteiger partial charge in [0.2, 0.25) is 0 Å². The van der Waals surface area contributed by atoms with Crippen LogP contribution in [-0.4, -0.2) is 19.7 Å². The normalized spacial score (nSPS) is 11.0. The molecule has 0 saturated carbocycles. The minimum absolute atomic E-state index is 0.320. The zero-order valence-corrected chi connectivity index (χ0v) is 14.8. The predicted molar refractivity (Wildman–Crippen MR) is 99.4 cm³/mol. The van der Waals surface area contributed by atoms with Crippen LogP contribution in [-0.2, 0) is 0 Å². The van der Waals surface area contributed by atoms with Gasteiger partial charge in [-0.15, -0.1) is 10.2 Å². The molecule has 0 aliphatic carbocycles. The molecule has 134 valence electrons. The maximum Gasteiger partial charge on any atom is 0.168 e. The molecule has 0 saturated heterocycles. The van der Waals surface area contributed by atoms with Crippen LogP contribution in [0.5, 0.6) is 0 Å². The van der Waals surface area contributed by atoms with Crippen LogP contribution in [0.15, 0.2) is 60.7 Å². The SMILES string of the molecule is Cc1cc(-n2c(-c3ccc(F)cc3)nnc2-c2ccc(F)cc2)cc(C)n1. The summed E-state index contributed by atoms with van der Waals surface area (Å²) in [4.78, 5) is 4.42. The van der Waals surface area contributed by atoms with Crippen LogP contribution in [0, 0.1) is 25.5 Å². The molecule has 0 amide bonds. The first kappa shape index (κ1) is 17.0. The second kappa shape index (κ2) is 6.72. The van der Waals surface area contributed by atoms with Crippen molar-refractivity contribution in [3.63, 3.8) is 0 Å². The van der Waals surface area contributed by atoms with E-state index in [1.165, 1.54) is 24.3 Å². The van der Waals surface area contributed by atoms with E-state index >= 15 is 0 Å². The Balaban J connectivity index is 1.97. The monoisotopic (exact) mass is 362 g/mol. The number of halogens is 2. The van der Waals surface area contributed by atoms with Crippen LogP contribution < -0.4 is 0 Å². The molecule has 2 aromatic heterocycles. The van der Waals surface area contributed by atoms with E-state index in [-0.39, 0.29) is 11.6 Å². The summed E-state index contributed by atoms with van der Waals surface area (Å²) in [5.41, 5.74) is 4.00. The van der Waals surface area contributed by atoms with Crippen LogP contribution in [0.2, 0.25) is 0 Å². The fourth-order valence-electron chi connectivity index (χ4n) is 3.04. The Kier molecular flexibility index (Phi) is 4.24. The number of aromatic nitrogens is 4. The van der Waals surface area contributed by atoms with Gasteiger partial charge in [0.05, 0.1) is 5.69 Å². The summed E-state index contributed by atoms with van der Waals surface area (Å²) >= 11 is 0. The van der Waals surface area contributed by atoms with E-state index in [0.717, 1.165) is 28.2 Å². The Morgan fingerprint density at radius 3 is 1.48 bits per heavy atom. The zero-order valence-electron chi connectivity index (χ0n) is 14.8. The van der Waals surface area contributed by atoms with Crippen molar-refractivity contribution in [2.24, 2.45) is 0 Å². The van der Waals surface area contributed by atoms with Crippen LogP contribution in [0.1, 0.15) is 11.4 Å². The quantitative estimate of drug-likeness (QED) is 0.521. The Hall–Kier alpha value is -3.41. The molecule has 27 heavy (non-hydrogen) atoms. The molecule has 0 unspecified atom stereocenters. The van der Waals surface area contributed by atoms with Gasteiger partial charge in [-0.3, -0.25) is 9.55 Å². The maximum absolute atomic E-state index is 13.4. The van der Waals surface area contributed by atoms with Crippen LogP contribution in [0.3, 0.4) is 0 Å². The number of benzene rings is 2. The van der Waals surface area contributed by atoms with E-state index in [1.807, 2.05) is 30.5 Å². The van der Waals surface area contributed by atoms with Crippen LogP contribution in [0.25, 0.3) is 28.5 Å². The van der Waals surface area contributed by atoms with Crippen molar-refractivity contribution in [3.8, 4) is 28.5 Å². The first-order chi connectivity index (χ1) is 13.0. The third-order valence-electron chi connectivity index (χ3n) is 4.19. The highest BCUT2D eigenvalue weighted by molar-refractivity contribution is 5.66. The first-order valence-corrected chi connectivity index (χ1v) is 8.44. The lowest BCUT2D eigenvalue weighted by Crippen LogP contribution is -2.02. The van der Waals surface area contributed by atoms with Crippen molar-refractivity contribution in [2.75, 3.05) is 0 Å². The lowest BCUT2D eigenvalue weighted by molar-refractivity contribution is 0.627. The Morgan fingerprint density at radius 2 is 1.07 bits per heavy atom. The third kappa shape index (κ3) is 3.33.